The molecule has 2 aromatic rings. The van der Waals surface area contributed by atoms with Crippen molar-refractivity contribution in [3.8, 4) is 5.75 Å². The van der Waals surface area contributed by atoms with Crippen LogP contribution in [0.1, 0.15) is 11.1 Å². The summed E-state index contributed by atoms with van der Waals surface area (Å²) < 4.78 is 46.4. The Hall–Kier alpha value is -1.71. The third kappa shape index (κ3) is 6.15. The van der Waals surface area contributed by atoms with Gasteiger partial charge in [0.25, 0.3) is 0 Å². The highest BCUT2D eigenvalue weighted by molar-refractivity contribution is 7.90. The minimum absolute atomic E-state index is 0.0607. The molecule has 8 heteroatoms. The fraction of sp³-hybridized carbons (Fsp3) is 0.368. The lowest BCUT2D eigenvalue weighted by atomic mass is 10.2. The maximum atomic E-state index is 12.6. The van der Waals surface area contributed by atoms with Crippen molar-refractivity contribution in [3.05, 3.63) is 59.7 Å². The van der Waals surface area contributed by atoms with Crippen molar-refractivity contribution < 1.29 is 26.7 Å². The topological polar surface area (TPSA) is 71.1 Å². The lowest BCUT2D eigenvalue weighted by Crippen LogP contribution is -2.39. The van der Waals surface area contributed by atoms with E-state index in [1.54, 1.807) is 38.5 Å². The molecule has 0 N–H and O–H groups in total. The van der Waals surface area contributed by atoms with Crippen LogP contribution in [0.5, 0.6) is 5.75 Å². The van der Waals surface area contributed by atoms with Crippen molar-refractivity contribution in [2.24, 2.45) is 0 Å². The van der Waals surface area contributed by atoms with Crippen LogP contribution in [0.15, 0.2) is 53.4 Å². The summed E-state index contributed by atoms with van der Waals surface area (Å²) in [5.74, 6) is 0.498. The van der Waals surface area contributed by atoms with E-state index in [4.69, 9.17) is 18.3 Å². The molecule has 0 unspecified atom stereocenters. The Kier molecular flexibility index (Phi) is 7.57. The summed E-state index contributed by atoms with van der Waals surface area (Å²) in [4.78, 5) is 0.259. The standard InChI is InChI=1S/C19H26O6SSi/c1-22-15-25-18-9-11-19(12-10-18)26(20,21)13-16-5-7-17(8-6-16)14-27(4,23-2)24-3/h5-12H,13-15H2,1-4H3. The fourth-order valence-corrected chi connectivity index (χ4v) is 5.31. The van der Waals surface area contributed by atoms with E-state index >= 15 is 0 Å². The first-order valence-electron chi connectivity index (χ1n) is 8.44. The summed E-state index contributed by atoms with van der Waals surface area (Å²) >= 11 is 0. The van der Waals surface area contributed by atoms with Gasteiger partial charge < -0.3 is 18.3 Å². The molecule has 148 valence electrons. The molecule has 0 aliphatic carbocycles. The molecular weight excluding hydrogens is 384 g/mol. The number of sulfone groups is 1. The van der Waals surface area contributed by atoms with Gasteiger partial charge in [-0.2, -0.15) is 0 Å². The first-order chi connectivity index (χ1) is 12.8. The fourth-order valence-electron chi connectivity index (χ4n) is 2.52. The molecule has 0 radical (unpaired) electrons. The van der Waals surface area contributed by atoms with Crippen molar-refractivity contribution in [2.75, 3.05) is 28.1 Å². The quantitative estimate of drug-likeness (QED) is 0.443. The Morgan fingerprint density at radius 2 is 1.41 bits per heavy atom. The van der Waals surface area contributed by atoms with E-state index in [2.05, 4.69) is 0 Å². The Morgan fingerprint density at radius 1 is 0.852 bits per heavy atom. The van der Waals surface area contributed by atoms with Crippen LogP contribution in [0.3, 0.4) is 0 Å². The summed E-state index contributed by atoms with van der Waals surface area (Å²) in [6, 6.07) is 14.6. The zero-order valence-corrected chi connectivity index (χ0v) is 17.9. The van der Waals surface area contributed by atoms with Gasteiger partial charge in [0.05, 0.1) is 10.6 Å². The highest BCUT2D eigenvalue weighted by Crippen LogP contribution is 2.21. The van der Waals surface area contributed by atoms with Crippen LogP contribution < -0.4 is 4.74 Å². The molecule has 0 fully saturated rings. The van der Waals surface area contributed by atoms with Gasteiger partial charge in [0.2, 0.25) is 0 Å². The predicted molar refractivity (Wildman–Crippen MR) is 106 cm³/mol. The van der Waals surface area contributed by atoms with Crippen LogP contribution in [-0.2, 0) is 35.2 Å². The molecule has 0 saturated carbocycles. The lowest BCUT2D eigenvalue weighted by Gasteiger charge is -2.22. The van der Waals surface area contributed by atoms with Crippen molar-refractivity contribution in [1.29, 1.82) is 0 Å². The van der Waals surface area contributed by atoms with Crippen molar-refractivity contribution in [1.82, 2.24) is 0 Å². The number of methoxy groups -OCH3 is 1. The van der Waals surface area contributed by atoms with Gasteiger partial charge in [-0.05, 0) is 41.9 Å². The van der Waals surface area contributed by atoms with Crippen LogP contribution in [0.2, 0.25) is 6.55 Å². The molecule has 27 heavy (non-hydrogen) atoms. The van der Waals surface area contributed by atoms with Crippen molar-refractivity contribution in [3.63, 3.8) is 0 Å². The number of benzene rings is 2. The summed E-state index contributed by atoms with van der Waals surface area (Å²) in [6.07, 6.45) is 0. The number of hydrogen-bond donors (Lipinski definition) is 0. The highest BCUT2D eigenvalue weighted by Gasteiger charge is 2.29. The van der Waals surface area contributed by atoms with Gasteiger partial charge in [-0.15, -0.1) is 0 Å². The van der Waals surface area contributed by atoms with E-state index in [9.17, 15) is 8.42 Å². The Bertz CT molecular complexity index is 814. The SMILES string of the molecule is COCOc1ccc(S(=O)(=O)Cc2ccc(C[Si](C)(OC)OC)cc2)cc1. The largest absolute Gasteiger partial charge is 0.468 e. The number of rotatable bonds is 10. The van der Waals surface area contributed by atoms with Crippen LogP contribution in [0.25, 0.3) is 0 Å². The molecule has 2 rings (SSSR count). The lowest BCUT2D eigenvalue weighted by molar-refractivity contribution is 0.0511. The minimum atomic E-state index is -3.44. The average Bonchev–Trinajstić information content (AvgIpc) is 2.68. The molecule has 0 aliphatic heterocycles. The maximum Gasteiger partial charge on any atom is 0.338 e. The summed E-state index contributed by atoms with van der Waals surface area (Å²) in [7, 11) is -0.809. The molecule has 2 aromatic carbocycles. The van der Waals surface area contributed by atoms with Gasteiger partial charge in [0, 0.05) is 27.4 Å². The van der Waals surface area contributed by atoms with Crippen LogP contribution >= 0.6 is 0 Å². The third-order valence-electron chi connectivity index (χ3n) is 4.29. The molecular formula is C19H26O6SSi. The smallest absolute Gasteiger partial charge is 0.338 e. The van der Waals surface area contributed by atoms with E-state index < -0.39 is 18.4 Å². The van der Waals surface area contributed by atoms with Gasteiger partial charge in [-0.25, -0.2) is 8.42 Å². The Balaban J connectivity index is 2.07. The molecule has 0 atom stereocenters. The molecule has 6 nitrogen and oxygen atoms in total. The summed E-state index contributed by atoms with van der Waals surface area (Å²) in [6.45, 7) is 2.11. The van der Waals surface area contributed by atoms with Gasteiger partial charge >= 0.3 is 8.56 Å². The monoisotopic (exact) mass is 410 g/mol. The minimum Gasteiger partial charge on any atom is -0.468 e. The molecule has 0 amide bonds. The molecule has 0 spiro atoms. The van der Waals surface area contributed by atoms with E-state index in [0.29, 0.717) is 11.8 Å². The van der Waals surface area contributed by atoms with Crippen LogP contribution in [0.4, 0.5) is 0 Å². The first kappa shape index (κ1) is 21.6. The molecule has 0 saturated heterocycles. The molecule has 0 bridgehead atoms. The first-order valence-corrected chi connectivity index (χ1v) is 12.6. The van der Waals surface area contributed by atoms with E-state index in [0.717, 1.165) is 11.1 Å². The van der Waals surface area contributed by atoms with Gasteiger partial charge in [0.1, 0.15) is 5.75 Å². The summed E-state index contributed by atoms with van der Waals surface area (Å²) in [5.41, 5.74) is 1.80. The normalized spacial score (nSPS) is 12.1. The average molecular weight is 411 g/mol. The second-order valence-corrected chi connectivity index (χ2v) is 11.7. The highest BCUT2D eigenvalue weighted by atomic mass is 32.2. The predicted octanol–water partition coefficient (Wildman–Crippen LogP) is 3.09. The summed E-state index contributed by atoms with van der Waals surface area (Å²) in [5, 5.41) is 0. The zero-order valence-electron chi connectivity index (χ0n) is 16.1. The van der Waals surface area contributed by atoms with Gasteiger partial charge in [-0.3, -0.25) is 0 Å². The van der Waals surface area contributed by atoms with Crippen molar-refractivity contribution in [2.45, 2.75) is 23.2 Å². The molecule has 0 aromatic heterocycles. The number of hydrogen-bond acceptors (Lipinski definition) is 6. The van der Waals surface area contributed by atoms with E-state index in [-0.39, 0.29) is 17.4 Å². The van der Waals surface area contributed by atoms with Gasteiger partial charge in [0.15, 0.2) is 16.6 Å². The molecule has 0 heterocycles. The van der Waals surface area contributed by atoms with Gasteiger partial charge in [-0.1, -0.05) is 24.3 Å². The second-order valence-electron chi connectivity index (χ2n) is 6.32. The van der Waals surface area contributed by atoms with E-state index in [1.807, 2.05) is 30.8 Å². The number of ether oxygens (including phenoxy) is 2. The zero-order chi connectivity index (χ0) is 19.9. The van der Waals surface area contributed by atoms with Crippen LogP contribution in [-0.4, -0.2) is 45.1 Å². The van der Waals surface area contributed by atoms with Crippen molar-refractivity contribution >= 4 is 18.4 Å². The molecule has 0 aliphatic rings. The Morgan fingerprint density at radius 3 is 1.93 bits per heavy atom. The third-order valence-corrected chi connectivity index (χ3v) is 8.78. The van der Waals surface area contributed by atoms with E-state index in [1.165, 1.54) is 7.11 Å². The maximum absolute atomic E-state index is 12.6. The Labute approximate surface area is 162 Å². The second kappa shape index (κ2) is 9.47. The van der Waals surface area contributed by atoms with Crippen LogP contribution in [0, 0.1) is 0 Å².